The standard InChI is InChI=1S/C18H26F3NO4Si/c1-24-17(18(19,20)21,26-27(2,3)4)15-11-8-12-22(15)16(23)25-13-14-9-6-5-7-10-14/h5-7,9-10,15H,8,11-13H2,1-4H3. The van der Waals surface area contributed by atoms with Gasteiger partial charge in [0.1, 0.15) is 6.61 Å². The fraction of sp³-hybridized carbons (Fsp3) is 0.611. The molecule has 0 aromatic heterocycles. The minimum absolute atomic E-state index is 0.0101. The summed E-state index contributed by atoms with van der Waals surface area (Å²) in [5.74, 6) is -2.86. The summed E-state index contributed by atoms with van der Waals surface area (Å²) in [7, 11) is -1.68. The summed E-state index contributed by atoms with van der Waals surface area (Å²) in [6.07, 6.45) is -5.06. The third-order valence-electron chi connectivity index (χ3n) is 4.29. The molecule has 1 heterocycles. The van der Waals surface area contributed by atoms with Gasteiger partial charge in [0.25, 0.3) is 5.79 Å². The predicted octanol–water partition coefficient (Wildman–Crippen LogP) is 4.54. The molecule has 27 heavy (non-hydrogen) atoms. The van der Waals surface area contributed by atoms with E-state index in [0.29, 0.717) is 6.42 Å². The Morgan fingerprint density at radius 2 is 1.85 bits per heavy atom. The Morgan fingerprint density at radius 1 is 1.22 bits per heavy atom. The fourth-order valence-electron chi connectivity index (χ4n) is 3.25. The molecule has 9 heteroatoms. The van der Waals surface area contributed by atoms with Gasteiger partial charge in [0, 0.05) is 13.7 Å². The molecule has 5 nitrogen and oxygen atoms in total. The monoisotopic (exact) mass is 405 g/mol. The highest BCUT2D eigenvalue weighted by Gasteiger charge is 2.66. The smallest absolute Gasteiger partial charge is 0.444 e. The van der Waals surface area contributed by atoms with Crippen LogP contribution in [0.25, 0.3) is 0 Å². The Bertz CT molecular complexity index is 636. The molecule has 0 spiro atoms. The number of methoxy groups -OCH3 is 1. The van der Waals surface area contributed by atoms with E-state index in [1.54, 1.807) is 43.9 Å². The minimum atomic E-state index is -4.80. The Hall–Kier alpha value is -1.58. The highest BCUT2D eigenvalue weighted by molar-refractivity contribution is 6.69. The van der Waals surface area contributed by atoms with Crippen LogP contribution in [0.5, 0.6) is 0 Å². The molecule has 2 atom stereocenters. The van der Waals surface area contributed by atoms with Crippen molar-refractivity contribution >= 4 is 14.4 Å². The molecule has 0 N–H and O–H groups in total. The number of ether oxygens (including phenoxy) is 2. The second-order valence-corrected chi connectivity index (χ2v) is 11.9. The fourth-order valence-corrected chi connectivity index (χ4v) is 4.49. The van der Waals surface area contributed by atoms with Gasteiger partial charge in [-0.3, -0.25) is 4.90 Å². The highest BCUT2D eigenvalue weighted by atomic mass is 28.4. The molecule has 0 aliphatic carbocycles. The summed E-state index contributed by atoms with van der Waals surface area (Å²) < 4.78 is 57.8. The van der Waals surface area contributed by atoms with E-state index in [-0.39, 0.29) is 19.6 Å². The summed E-state index contributed by atoms with van der Waals surface area (Å²) in [6, 6.07) is 7.67. The van der Waals surface area contributed by atoms with Crippen molar-refractivity contribution in [1.29, 1.82) is 0 Å². The average Bonchev–Trinajstić information content (AvgIpc) is 3.06. The number of carbonyl (C=O) groups is 1. The number of halogens is 3. The van der Waals surface area contributed by atoms with Crippen LogP contribution in [0.2, 0.25) is 19.6 Å². The molecule has 1 aliphatic rings. The second kappa shape index (κ2) is 8.20. The van der Waals surface area contributed by atoms with Crippen LogP contribution in [-0.4, -0.2) is 51.0 Å². The number of nitrogens with zero attached hydrogens (tertiary/aromatic N) is 1. The molecular weight excluding hydrogens is 379 g/mol. The highest BCUT2D eigenvalue weighted by Crippen LogP contribution is 2.44. The van der Waals surface area contributed by atoms with Crippen molar-refractivity contribution in [3.8, 4) is 0 Å². The largest absolute Gasteiger partial charge is 0.445 e. The third-order valence-corrected chi connectivity index (χ3v) is 5.20. The zero-order chi connectivity index (χ0) is 20.3. The Morgan fingerprint density at radius 3 is 2.37 bits per heavy atom. The van der Waals surface area contributed by atoms with Crippen LogP contribution in [-0.2, 0) is 20.5 Å². The van der Waals surface area contributed by atoms with Crippen molar-refractivity contribution in [1.82, 2.24) is 4.90 Å². The van der Waals surface area contributed by atoms with Gasteiger partial charge in [-0.2, -0.15) is 13.2 Å². The summed E-state index contributed by atoms with van der Waals surface area (Å²) in [4.78, 5) is 13.6. The summed E-state index contributed by atoms with van der Waals surface area (Å²) >= 11 is 0. The van der Waals surface area contributed by atoms with Gasteiger partial charge in [-0.25, -0.2) is 4.79 Å². The van der Waals surface area contributed by atoms with Crippen molar-refractivity contribution in [2.24, 2.45) is 0 Å². The molecule has 2 unspecified atom stereocenters. The maximum Gasteiger partial charge on any atom is 0.444 e. The van der Waals surface area contributed by atoms with E-state index in [9.17, 15) is 18.0 Å². The van der Waals surface area contributed by atoms with Gasteiger partial charge in [-0.15, -0.1) is 0 Å². The number of alkyl halides is 3. The minimum Gasteiger partial charge on any atom is -0.445 e. The molecule has 0 saturated carbocycles. The summed E-state index contributed by atoms with van der Waals surface area (Å²) in [6.45, 7) is 5.11. The molecule has 152 valence electrons. The van der Waals surface area contributed by atoms with Crippen LogP contribution >= 0.6 is 0 Å². The van der Waals surface area contributed by atoms with Crippen molar-refractivity contribution in [3.63, 3.8) is 0 Å². The van der Waals surface area contributed by atoms with E-state index in [1.807, 2.05) is 6.07 Å². The van der Waals surface area contributed by atoms with Gasteiger partial charge in [-0.1, -0.05) is 30.3 Å². The average molecular weight is 405 g/mol. The van der Waals surface area contributed by atoms with E-state index in [0.717, 1.165) is 17.6 Å². The molecule has 1 amide bonds. The van der Waals surface area contributed by atoms with Crippen molar-refractivity contribution < 1.29 is 31.9 Å². The van der Waals surface area contributed by atoms with Crippen LogP contribution in [0.15, 0.2) is 30.3 Å². The molecule has 1 saturated heterocycles. The van der Waals surface area contributed by atoms with Gasteiger partial charge in [0.05, 0.1) is 6.04 Å². The number of hydrogen-bond donors (Lipinski definition) is 0. The number of hydrogen-bond acceptors (Lipinski definition) is 4. The molecule has 1 aromatic rings. The molecule has 2 rings (SSSR count). The zero-order valence-electron chi connectivity index (χ0n) is 16.0. The van der Waals surface area contributed by atoms with Crippen molar-refractivity contribution in [2.75, 3.05) is 13.7 Å². The van der Waals surface area contributed by atoms with E-state index in [4.69, 9.17) is 13.9 Å². The zero-order valence-corrected chi connectivity index (χ0v) is 17.0. The molecule has 1 aliphatic heterocycles. The van der Waals surface area contributed by atoms with Crippen LogP contribution in [0.3, 0.4) is 0 Å². The molecule has 1 aromatic carbocycles. The number of rotatable bonds is 6. The van der Waals surface area contributed by atoms with Gasteiger partial charge in [-0.05, 0) is 38.0 Å². The topological polar surface area (TPSA) is 48.0 Å². The first-order valence-electron chi connectivity index (χ1n) is 8.79. The van der Waals surface area contributed by atoms with E-state index in [1.165, 1.54) is 0 Å². The first-order valence-corrected chi connectivity index (χ1v) is 12.2. The number of likely N-dealkylation sites (tertiary alicyclic amines) is 1. The molecular formula is C18H26F3NO4Si. The van der Waals surface area contributed by atoms with Crippen LogP contribution in [0, 0.1) is 0 Å². The van der Waals surface area contributed by atoms with Crippen molar-refractivity contribution in [2.45, 2.75) is 57.1 Å². The van der Waals surface area contributed by atoms with Gasteiger partial charge in [0.15, 0.2) is 8.32 Å². The van der Waals surface area contributed by atoms with E-state index < -0.39 is 32.4 Å². The maximum atomic E-state index is 14.0. The van der Waals surface area contributed by atoms with Crippen molar-refractivity contribution in [3.05, 3.63) is 35.9 Å². The van der Waals surface area contributed by atoms with Gasteiger partial charge in [0.2, 0.25) is 0 Å². The van der Waals surface area contributed by atoms with E-state index >= 15 is 0 Å². The Kier molecular flexibility index (Phi) is 6.59. The Labute approximate surface area is 158 Å². The third kappa shape index (κ3) is 5.02. The maximum absolute atomic E-state index is 14.0. The summed E-state index contributed by atoms with van der Waals surface area (Å²) in [5.41, 5.74) is 0.758. The molecule has 0 radical (unpaired) electrons. The predicted molar refractivity (Wildman–Crippen MR) is 96.6 cm³/mol. The molecule has 1 fully saturated rings. The van der Waals surface area contributed by atoms with Crippen LogP contribution in [0.4, 0.5) is 18.0 Å². The first-order chi connectivity index (χ1) is 12.5. The lowest BCUT2D eigenvalue weighted by Gasteiger charge is -2.45. The number of amides is 1. The quantitative estimate of drug-likeness (QED) is 0.515. The lowest BCUT2D eigenvalue weighted by atomic mass is 10.0. The Balaban J connectivity index is 2.23. The summed E-state index contributed by atoms with van der Waals surface area (Å²) in [5, 5.41) is 0. The lowest BCUT2D eigenvalue weighted by Crippen LogP contribution is -2.65. The first kappa shape index (κ1) is 21.7. The van der Waals surface area contributed by atoms with Gasteiger partial charge < -0.3 is 13.9 Å². The second-order valence-electron chi connectivity index (χ2n) is 7.48. The van der Waals surface area contributed by atoms with Gasteiger partial charge >= 0.3 is 12.3 Å². The van der Waals surface area contributed by atoms with Crippen LogP contribution < -0.4 is 0 Å². The van der Waals surface area contributed by atoms with E-state index in [2.05, 4.69) is 0 Å². The van der Waals surface area contributed by atoms with Crippen LogP contribution in [0.1, 0.15) is 18.4 Å². The number of benzene rings is 1. The molecule has 0 bridgehead atoms. The lowest BCUT2D eigenvalue weighted by molar-refractivity contribution is -0.364. The SMILES string of the molecule is COC(O[Si](C)(C)C)(C1CCCN1C(=O)OCc1ccccc1)C(F)(F)F. The normalized spacial score (nSPS) is 20.4. The number of carbonyl (C=O) groups excluding carboxylic acids is 1.